The Morgan fingerprint density at radius 1 is 0.966 bits per heavy atom. The first-order valence-corrected chi connectivity index (χ1v) is 8.40. The maximum absolute atomic E-state index is 10.9. The van der Waals surface area contributed by atoms with Gasteiger partial charge in [0.15, 0.2) is 6.21 Å². The zero-order valence-corrected chi connectivity index (χ0v) is 16.1. The second kappa shape index (κ2) is 12.6. The average Bonchev–Trinajstić information content (AvgIpc) is 2.70. The molecule has 0 saturated carbocycles. The quantitative estimate of drug-likeness (QED) is 0.277. The van der Waals surface area contributed by atoms with Crippen LogP contribution in [0.5, 0.6) is 0 Å². The first kappa shape index (κ1) is 23.3. The van der Waals surface area contributed by atoms with Gasteiger partial charge >= 0.3 is 5.97 Å². The highest BCUT2D eigenvalue weighted by molar-refractivity contribution is 5.76. The van der Waals surface area contributed by atoms with Gasteiger partial charge in [0.25, 0.3) is 0 Å². The molecule has 0 atom stereocenters. The van der Waals surface area contributed by atoms with Gasteiger partial charge in [-0.25, -0.2) is 4.99 Å². The monoisotopic (exact) mass is 411 g/mol. The van der Waals surface area contributed by atoms with Crippen LogP contribution >= 0.6 is 0 Å². The van der Waals surface area contributed by atoms with Gasteiger partial charge in [0.05, 0.1) is 0 Å². The fraction of sp³-hybridized carbons (Fsp3) is 0.158. The molecule has 0 fully saturated rings. The van der Waals surface area contributed by atoms with Crippen LogP contribution in [0.2, 0.25) is 0 Å². The minimum Gasteiger partial charge on any atom is -1.00 e. The molecule has 10 heteroatoms. The van der Waals surface area contributed by atoms with Crippen molar-refractivity contribution in [2.45, 2.75) is 19.3 Å². The largest absolute Gasteiger partial charge is 1.00 e. The number of hydrogen-bond acceptors (Lipinski definition) is 3. The van der Waals surface area contributed by atoms with Crippen molar-refractivity contribution in [1.29, 1.82) is 0 Å². The van der Waals surface area contributed by atoms with Crippen molar-refractivity contribution in [3.63, 3.8) is 0 Å². The maximum atomic E-state index is 10.9. The second-order valence-corrected chi connectivity index (χ2v) is 5.76. The van der Waals surface area contributed by atoms with Crippen LogP contribution in [0, 0.1) is 0 Å². The summed E-state index contributed by atoms with van der Waals surface area (Å²) in [6.45, 7) is 0. The SMILES string of the molecule is [Cl-].[N-]=[N+]=Nc1ccc(C/C=C(/C=[NH+]c2ccc(N=[N+]=[N-])cc2)CCC(=O)O)cc1. The van der Waals surface area contributed by atoms with E-state index in [-0.39, 0.29) is 18.8 Å². The highest BCUT2D eigenvalue weighted by Crippen LogP contribution is 2.15. The van der Waals surface area contributed by atoms with E-state index in [0.29, 0.717) is 24.2 Å². The molecule has 0 saturated heterocycles. The zero-order valence-electron chi connectivity index (χ0n) is 15.3. The summed E-state index contributed by atoms with van der Waals surface area (Å²) in [5.74, 6) is -0.864. The van der Waals surface area contributed by atoms with Crippen molar-refractivity contribution in [2.24, 2.45) is 10.2 Å². The van der Waals surface area contributed by atoms with Crippen LogP contribution in [0.1, 0.15) is 18.4 Å². The molecule has 9 nitrogen and oxygen atoms in total. The normalized spacial score (nSPS) is 10.6. The van der Waals surface area contributed by atoms with Crippen molar-refractivity contribution in [3.05, 3.63) is 86.6 Å². The van der Waals surface area contributed by atoms with Gasteiger partial charge in [0, 0.05) is 45.3 Å². The number of rotatable bonds is 9. The highest BCUT2D eigenvalue weighted by atomic mass is 35.5. The predicted octanol–water partition coefficient (Wildman–Crippen LogP) is 1.39. The lowest BCUT2D eigenvalue weighted by Gasteiger charge is -2.00. The number of halogens is 1. The van der Waals surface area contributed by atoms with E-state index in [2.05, 4.69) is 25.0 Å². The number of nitrogens with one attached hydrogen (secondary N) is 1. The van der Waals surface area contributed by atoms with E-state index < -0.39 is 5.97 Å². The van der Waals surface area contributed by atoms with Crippen LogP contribution in [-0.2, 0) is 11.2 Å². The second-order valence-electron chi connectivity index (χ2n) is 5.76. The third-order valence-corrected chi connectivity index (χ3v) is 3.78. The summed E-state index contributed by atoms with van der Waals surface area (Å²) in [6.07, 6.45) is 4.73. The van der Waals surface area contributed by atoms with E-state index in [1.165, 1.54) is 0 Å². The molecule has 0 spiro atoms. The number of azide groups is 2. The molecule has 2 aromatic carbocycles. The number of aliphatic carboxylic acids is 1. The lowest BCUT2D eigenvalue weighted by Crippen LogP contribution is -3.00. The first-order valence-electron chi connectivity index (χ1n) is 8.40. The van der Waals surface area contributed by atoms with E-state index >= 15 is 0 Å². The molecular weight excluding hydrogens is 394 g/mol. The minimum absolute atomic E-state index is 0. The Labute approximate surface area is 173 Å². The summed E-state index contributed by atoms with van der Waals surface area (Å²) in [6, 6.07) is 14.1. The van der Waals surface area contributed by atoms with Gasteiger partial charge in [-0.15, -0.1) is 0 Å². The Balaban J connectivity index is 0.00000420. The first-order chi connectivity index (χ1) is 13.6. The Bertz CT molecular complexity index is 973. The maximum Gasteiger partial charge on any atom is 0.303 e. The summed E-state index contributed by atoms with van der Waals surface area (Å²) >= 11 is 0. The minimum atomic E-state index is -0.864. The highest BCUT2D eigenvalue weighted by Gasteiger charge is 2.04. The molecule has 0 aliphatic rings. The predicted molar refractivity (Wildman–Crippen MR) is 106 cm³/mol. The Morgan fingerprint density at radius 3 is 2.03 bits per heavy atom. The van der Waals surface area contributed by atoms with Crippen molar-refractivity contribution in [3.8, 4) is 0 Å². The summed E-state index contributed by atoms with van der Waals surface area (Å²) < 4.78 is 0. The van der Waals surface area contributed by atoms with E-state index in [9.17, 15) is 4.79 Å². The number of nitrogens with zero attached hydrogens (tertiary/aromatic N) is 6. The third-order valence-electron chi connectivity index (χ3n) is 3.78. The van der Waals surface area contributed by atoms with Gasteiger partial charge in [0.2, 0.25) is 5.69 Å². The van der Waals surface area contributed by atoms with Crippen LogP contribution in [0.15, 0.2) is 70.4 Å². The summed E-state index contributed by atoms with van der Waals surface area (Å²) in [4.78, 5) is 19.5. The number of carbonyl (C=O) groups is 1. The van der Waals surface area contributed by atoms with E-state index in [1.807, 2.05) is 18.2 Å². The molecule has 0 unspecified atom stereocenters. The average molecular weight is 412 g/mol. The zero-order chi connectivity index (χ0) is 20.2. The van der Waals surface area contributed by atoms with Crippen molar-refractivity contribution >= 4 is 29.2 Å². The molecule has 0 aromatic heterocycles. The molecule has 2 N–H and O–H groups in total. The number of benzene rings is 2. The van der Waals surface area contributed by atoms with Crippen LogP contribution in [0.3, 0.4) is 0 Å². The van der Waals surface area contributed by atoms with E-state index in [4.69, 9.17) is 16.2 Å². The summed E-state index contributed by atoms with van der Waals surface area (Å²) in [7, 11) is 0. The Morgan fingerprint density at radius 2 is 1.52 bits per heavy atom. The summed E-state index contributed by atoms with van der Waals surface area (Å²) in [5, 5.41) is 16.0. The van der Waals surface area contributed by atoms with Crippen LogP contribution < -0.4 is 17.4 Å². The molecule has 29 heavy (non-hydrogen) atoms. The number of allylic oxidation sites excluding steroid dienone is 2. The lowest BCUT2D eigenvalue weighted by molar-refractivity contribution is -0.347. The molecule has 0 radical (unpaired) electrons. The Hall–Kier alpha value is -3.77. The molecule has 0 aliphatic heterocycles. The molecule has 2 rings (SSSR count). The van der Waals surface area contributed by atoms with Crippen molar-refractivity contribution in [2.75, 3.05) is 0 Å². The smallest absolute Gasteiger partial charge is 0.303 e. The van der Waals surface area contributed by atoms with E-state index in [0.717, 1.165) is 16.8 Å². The van der Waals surface area contributed by atoms with Gasteiger partial charge < -0.3 is 17.5 Å². The van der Waals surface area contributed by atoms with Gasteiger partial charge in [-0.1, -0.05) is 40.6 Å². The van der Waals surface area contributed by atoms with Crippen LogP contribution in [0.4, 0.5) is 17.1 Å². The van der Waals surface area contributed by atoms with Gasteiger partial charge in [-0.3, -0.25) is 4.79 Å². The third kappa shape index (κ3) is 8.64. The number of carboxylic acids is 1. The van der Waals surface area contributed by atoms with Crippen LogP contribution in [0.25, 0.3) is 20.9 Å². The standard InChI is InChI=1S/C19H17N7O2.ClH/c20-25-23-17-6-3-14(4-7-17)1-2-15(5-12-19(27)28)13-22-16-8-10-18(11-9-16)24-26-21;/h2-4,6-11,13H,1,5,12H2,(H,27,28);1H/b15-2+,22-13?;. The fourth-order valence-corrected chi connectivity index (χ4v) is 2.34. The van der Waals surface area contributed by atoms with Crippen molar-refractivity contribution in [1.82, 2.24) is 0 Å². The molecular formula is C19H18ClN7O2. The molecule has 2 aromatic rings. The molecule has 148 valence electrons. The van der Waals surface area contributed by atoms with Gasteiger partial charge in [0.1, 0.15) is 0 Å². The molecule has 0 aliphatic carbocycles. The van der Waals surface area contributed by atoms with E-state index in [1.54, 1.807) is 42.6 Å². The Kier molecular flexibility index (Phi) is 10.1. The molecule has 0 amide bonds. The summed E-state index contributed by atoms with van der Waals surface area (Å²) in [5.41, 5.74) is 20.6. The number of hydrogen-bond donors (Lipinski definition) is 2. The number of carboxylic acid groups (broad SMARTS) is 1. The molecule has 0 heterocycles. The van der Waals surface area contributed by atoms with Crippen molar-refractivity contribution < 1.29 is 27.3 Å². The lowest BCUT2D eigenvalue weighted by atomic mass is 10.1. The fourth-order valence-electron chi connectivity index (χ4n) is 2.34. The van der Waals surface area contributed by atoms with Gasteiger partial charge in [-0.05, 0) is 41.6 Å². The topological polar surface area (TPSA) is 149 Å². The van der Waals surface area contributed by atoms with Gasteiger partial charge in [-0.2, -0.15) is 0 Å². The molecule has 0 bridgehead atoms. The van der Waals surface area contributed by atoms with Crippen LogP contribution in [-0.4, -0.2) is 17.3 Å².